The second-order valence-electron chi connectivity index (χ2n) is 25.6. The molecule has 0 heterocycles. The van der Waals surface area contributed by atoms with Crippen LogP contribution in [0.2, 0.25) is 0 Å². The Labute approximate surface area is 569 Å². The third kappa shape index (κ3) is 15.7. The van der Waals surface area contributed by atoms with E-state index in [-0.39, 0.29) is 47.3 Å². The zero-order chi connectivity index (χ0) is 67.8. The van der Waals surface area contributed by atoms with Gasteiger partial charge in [0, 0.05) is 96.2 Å². The van der Waals surface area contributed by atoms with Crippen LogP contribution >= 0.6 is 0 Å². The highest BCUT2D eigenvalue weighted by Gasteiger charge is 2.39. The largest absolute Gasteiger partial charge is 0.506 e. The van der Waals surface area contributed by atoms with Gasteiger partial charge in [0.25, 0.3) is 0 Å². The fraction of sp³-hybridized carbons (Fsp3) is 0.333. The number of benzene rings is 6. The van der Waals surface area contributed by atoms with Crippen LogP contribution in [0, 0.1) is 0 Å². The van der Waals surface area contributed by atoms with Crippen LogP contribution in [0.1, 0.15) is 144 Å². The molecule has 0 fully saturated rings. The van der Waals surface area contributed by atoms with E-state index < -0.39 is 0 Å². The smallest absolute Gasteiger partial charge is 0.206 e. The number of aliphatic hydroxyl groups is 2. The summed E-state index contributed by atoms with van der Waals surface area (Å²) in [7, 11) is 3.34. The number of nitrogens with zero attached hydrogens (tertiary/aromatic N) is 4. The van der Waals surface area contributed by atoms with Crippen LogP contribution in [0.25, 0.3) is 11.1 Å². The lowest BCUT2D eigenvalue weighted by Crippen LogP contribution is -2.28. The number of anilines is 4. The van der Waals surface area contributed by atoms with Gasteiger partial charge in [-0.25, -0.2) is 0 Å². The Morgan fingerprint density at radius 1 is 0.375 bits per heavy atom. The third-order valence-electron chi connectivity index (χ3n) is 18.7. The highest BCUT2D eigenvalue weighted by molar-refractivity contribution is 6.40. The first-order valence-electron chi connectivity index (χ1n) is 34.7. The predicted octanol–water partition coefficient (Wildman–Crippen LogP) is 19.9. The average Bonchev–Trinajstić information content (AvgIpc) is 0.751. The fourth-order valence-electron chi connectivity index (χ4n) is 13.7. The lowest BCUT2D eigenvalue weighted by Gasteiger charge is -2.32. The number of hydrogen-bond donors (Lipinski definition) is 2. The molecule has 2 N–H and O–H groups in total. The Morgan fingerprint density at radius 2 is 0.677 bits per heavy atom. The third-order valence-corrected chi connectivity index (χ3v) is 18.7. The van der Waals surface area contributed by atoms with Crippen molar-refractivity contribution in [3.8, 4) is 23.0 Å². The zero-order valence-electron chi connectivity index (χ0n) is 57.8. The Morgan fingerprint density at radius 3 is 0.969 bits per heavy atom. The number of carbonyl (C=O) groups excluding carboxylic acids is 2. The SMILES string of the molecule is CCCC(C)N(c1ccc(OC)cc1)c1ccc(C2=C(O)C(=C3C=CC(=[N+](c4ccc(OCCCCCCOc5ccc([N+](=C6C=CC(=C7C(=O)C(c8ccc(N(c9ccc(OC)cc9)C(C)CCC)cc8)=C7O)C=C6)C(C)CCC)cc5)cc4)C(C)CCC)C=C3)C2=O)cc1. The molecule has 0 spiro atoms. The number of aliphatic hydroxyl groups excluding tert-OH is 2. The van der Waals surface area contributed by atoms with Crippen LogP contribution in [0.15, 0.2) is 228 Å². The maximum Gasteiger partial charge on any atom is 0.206 e. The second kappa shape index (κ2) is 32.6. The Bertz CT molecular complexity index is 3750. The summed E-state index contributed by atoms with van der Waals surface area (Å²) in [6.07, 6.45) is 28.0. The van der Waals surface area contributed by atoms with Crippen LogP contribution < -0.4 is 28.7 Å². The van der Waals surface area contributed by atoms with Gasteiger partial charge >= 0.3 is 0 Å². The standard InChI is InChI=1S/C84H94N4O8/c1-11-19-57(5)85(69-39-47-73(93-9)48-40-69)65-31-23-61(24-32-65)77-81(89)79(82(77)90)63-27-35-67(36-28-63)87(59(7)21-13-3)71-43-51-75(52-44-71)95-55-17-15-16-18-56-96-76-53-45-72(46-54-76)88(60(8)22-14-4)68-37-29-64(30-38-68)80-83(91)78(84(80)92)62-25-33-66(34-26-62)86(58(6)20-12-2)70-41-49-74(94-10)50-42-70/h23-54,57-60H,11-22,55-56H2,1-10H3/p+2. The summed E-state index contributed by atoms with van der Waals surface area (Å²) in [4.78, 5) is 32.2. The van der Waals surface area contributed by atoms with Crippen molar-refractivity contribution >= 4 is 68.3 Å². The topological polar surface area (TPSA) is 124 Å². The highest BCUT2D eigenvalue weighted by Crippen LogP contribution is 2.43. The monoisotopic (exact) mass is 1290 g/mol. The molecule has 4 aliphatic rings. The first-order chi connectivity index (χ1) is 46.7. The summed E-state index contributed by atoms with van der Waals surface area (Å²) in [6, 6.07) is 49.5. The van der Waals surface area contributed by atoms with E-state index in [2.05, 4.69) is 123 Å². The van der Waals surface area contributed by atoms with E-state index in [0.29, 0.717) is 57.8 Å². The van der Waals surface area contributed by atoms with Crippen molar-refractivity contribution in [2.24, 2.45) is 0 Å². The van der Waals surface area contributed by atoms with Gasteiger partial charge in [-0.15, -0.1) is 0 Å². The molecular weight excluding hydrogens is 1190 g/mol. The number of unbranched alkanes of at least 4 members (excludes halogenated alkanes) is 3. The van der Waals surface area contributed by atoms with Crippen molar-refractivity contribution in [1.82, 2.24) is 0 Å². The number of ketones is 2. The fourth-order valence-corrected chi connectivity index (χ4v) is 13.7. The van der Waals surface area contributed by atoms with Crippen LogP contribution in [-0.4, -0.2) is 94.0 Å². The van der Waals surface area contributed by atoms with Gasteiger partial charge in [-0.1, -0.05) is 64.8 Å². The van der Waals surface area contributed by atoms with Crippen molar-refractivity contribution in [2.45, 2.75) is 157 Å². The molecule has 6 aromatic rings. The van der Waals surface area contributed by atoms with Crippen molar-refractivity contribution in [3.63, 3.8) is 0 Å². The summed E-state index contributed by atoms with van der Waals surface area (Å²) < 4.78 is 28.0. The predicted molar refractivity (Wildman–Crippen MR) is 393 cm³/mol. The average molecular weight is 1290 g/mol. The van der Waals surface area contributed by atoms with Crippen LogP contribution in [0.3, 0.4) is 0 Å². The van der Waals surface area contributed by atoms with Crippen molar-refractivity contribution in [2.75, 3.05) is 37.2 Å². The molecule has 0 radical (unpaired) electrons. The highest BCUT2D eigenvalue weighted by atomic mass is 16.5. The van der Waals surface area contributed by atoms with E-state index in [9.17, 15) is 19.8 Å². The van der Waals surface area contributed by atoms with Crippen molar-refractivity contribution in [3.05, 3.63) is 239 Å². The van der Waals surface area contributed by atoms with Gasteiger partial charge in [-0.05, 0) is 223 Å². The van der Waals surface area contributed by atoms with E-state index in [1.165, 1.54) is 0 Å². The molecule has 0 saturated heterocycles. The number of rotatable bonds is 31. The molecule has 6 aromatic carbocycles. The molecule has 10 rings (SSSR count). The van der Waals surface area contributed by atoms with E-state index in [0.717, 1.165) is 146 Å². The Hall–Kier alpha value is -9.68. The van der Waals surface area contributed by atoms with Gasteiger partial charge in [-0.2, -0.15) is 9.15 Å². The summed E-state index contributed by atoms with van der Waals surface area (Å²) in [5, 5.41) is 22.9. The van der Waals surface area contributed by atoms with Crippen molar-refractivity contribution in [1.29, 1.82) is 0 Å². The molecule has 0 amide bonds. The van der Waals surface area contributed by atoms with Gasteiger partial charge in [0.2, 0.25) is 34.4 Å². The maximum absolute atomic E-state index is 13.8. The normalized spacial score (nSPS) is 15.6. The number of ether oxygens (including phenoxy) is 4. The van der Waals surface area contributed by atoms with E-state index in [1.54, 1.807) is 14.2 Å². The van der Waals surface area contributed by atoms with Gasteiger partial charge < -0.3 is 39.0 Å². The second-order valence-corrected chi connectivity index (χ2v) is 25.6. The lowest BCUT2D eigenvalue weighted by atomic mass is 9.80. The summed E-state index contributed by atoms with van der Waals surface area (Å²) >= 11 is 0. The van der Waals surface area contributed by atoms with E-state index in [4.69, 9.17) is 18.9 Å². The van der Waals surface area contributed by atoms with Gasteiger partial charge in [0.1, 0.15) is 34.5 Å². The molecule has 0 bridgehead atoms. The van der Waals surface area contributed by atoms with E-state index >= 15 is 0 Å². The molecule has 498 valence electrons. The molecule has 0 aliphatic heterocycles. The van der Waals surface area contributed by atoms with E-state index in [1.807, 2.05) is 146 Å². The summed E-state index contributed by atoms with van der Waals surface area (Å²) in [5.41, 5.74) is 12.4. The van der Waals surface area contributed by atoms with Crippen LogP contribution in [0.4, 0.5) is 34.1 Å². The quantitative estimate of drug-likeness (QED) is 0.0247. The first-order valence-corrected chi connectivity index (χ1v) is 34.7. The van der Waals surface area contributed by atoms with Gasteiger partial charge in [0.15, 0.2) is 12.1 Å². The molecular formula is C84H96N4O8+2. The lowest BCUT2D eigenvalue weighted by molar-refractivity contribution is -0.480. The minimum absolute atomic E-state index is 0.0269. The van der Waals surface area contributed by atoms with Gasteiger partial charge in [0.05, 0.1) is 49.7 Å². The van der Waals surface area contributed by atoms with Crippen LogP contribution in [0.5, 0.6) is 23.0 Å². The number of carbonyl (C=O) groups is 2. The Balaban J connectivity index is 0.697. The molecule has 12 heteroatoms. The molecule has 0 aromatic heterocycles. The molecule has 4 unspecified atom stereocenters. The molecule has 4 atom stereocenters. The number of allylic oxidation sites excluding steroid dienone is 14. The minimum Gasteiger partial charge on any atom is -0.506 e. The zero-order valence-corrected chi connectivity index (χ0v) is 57.8. The Kier molecular flexibility index (Phi) is 23.5. The molecule has 96 heavy (non-hydrogen) atoms. The first kappa shape index (κ1) is 69.2. The minimum atomic E-state index is -0.161. The van der Waals surface area contributed by atoms with Crippen LogP contribution in [-0.2, 0) is 9.59 Å². The summed E-state index contributed by atoms with van der Waals surface area (Å²) in [6.45, 7) is 19.0. The number of Topliss-reactive ketones (excluding diaryl/α,β-unsaturated/α-hetero) is 2. The number of hydrogen-bond acceptors (Lipinski definition) is 10. The molecule has 0 saturated carbocycles. The summed E-state index contributed by atoms with van der Waals surface area (Å²) in [5.74, 6) is 3.00. The maximum atomic E-state index is 13.8. The molecule has 4 aliphatic carbocycles. The van der Waals surface area contributed by atoms with Crippen molar-refractivity contribution < 1.29 is 47.9 Å². The molecule has 12 nitrogen and oxygen atoms in total. The number of methoxy groups -OCH3 is 2. The van der Waals surface area contributed by atoms with Gasteiger partial charge in [-0.3, -0.25) is 9.59 Å².